The summed E-state index contributed by atoms with van der Waals surface area (Å²) in [6.45, 7) is 6.15. The smallest absolute Gasteiger partial charge is 0.166 e. The van der Waals surface area contributed by atoms with Crippen molar-refractivity contribution in [2.75, 3.05) is 6.61 Å². The van der Waals surface area contributed by atoms with Gasteiger partial charge < -0.3 is 4.74 Å². The Morgan fingerprint density at radius 2 is 2.12 bits per heavy atom. The Bertz CT molecular complexity index is 386. The fourth-order valence-electron chi connectivity index (χ4n) is 1.64. The van der Waals surface area contributed by atoms with Gasteiger partial charge in [-0.3, -0.25) is 4.79 Å². The fraction of sp³-hybridized carbons (Fsp3) is 0.500. The quantitative estimate of drug-likeness (QED) is 0.556. The number of halogens is 1. The molecular formula is C14H19FO2. The molecule has 0 fully saturated rings. The number of carbonyl (C=O) groups is 1. The molecule has 0 saturated heterocycles. The zero-order valence-corrected chi connectivity index (χ0v) is 10.6. The first-order valence-corrected chi connectivity index (χ1v) is 5.94. The van der Waals surface area contributed by atoms with Crippen LogP contribution in [0.3, 0.4) is 0 Å². The van der Waals surface area contributed by atoms with E-state index < -0.39 is 5.82 Å². The van der Waals surface area contributed by atoms with Crippen molar-refractivity contribution in [3.8, 4) is 5.75 Å². The van der Waals surface area contributed by atoms with Gasteiger partial charge in [0.15, 0.2) is 5.78 Å². The minimum Gasteiger partial charge on any atom is -0.493 e. The highest BCUT2D eigenvalue weighted by Gasteiger charge is 2.13. The summed E-state index contributed by atoms with van der Waals surface area (Å²) in [5.41, 5.74) is 0.0528. The molecule has 0 unspecified atom stereocenters. The van der Waals surface area contributed by atoms with E-state index >= 15 is 0 Å². The number of Topliss-reactive ketones (excluding diaryl/α,β-unsaturated/α-hetero) is 1. The van der Waals surface area contributed by atoms with Crippen molar-refractivity contribution in [1.82, 2.24) is 0 Å². The number of rotatable bonds is 6. The predicted molar refractivity (Wildman–Crippen MR) is 66.0 cm³/mol. The lowest BCUT2D eigenvalue weighted by molar-refractivity contribution is 0.100. The molecule has 0 aliphatic heterocycles. The summed E-state index contributed by atoms with van der Waals surface area (Å²) in [6.07, 6.45) is 1.97. The first-order valence-electron chi connectivity index (χ1n) is 5.94. The van der Waals surface area contributed by atoms with Crippen LogP contribution in [-0.4, -0.2) is 12.4 Å². The second-order valence-corrected chi connectivity index (χ2v) is 4.55. The summed E-state index contributed by atoms with van der Waals surface area (Å²) >= 11 is 0. The van der Waals surface area contributed by atoms with E-state index in [0.717, 1.165) is 12.8 Å². The minimum atomic E-state index is -0.515. The molecule has 0 aromatic heterocycles. The Morgan fingerprint density at radius 3 is 2.71 bits per heavy atom. The Labute approximate surface area is 102 Å². The Kier molecular flexibility index (Phi) is 5.13. The van der Waals surface area contributed by atoms with Crippen LogP contribution in [-0.2, 0) is 0 Å². The lowest BCUT2D eigenvalue weighted by atomic mass is 10.1. The molecule has 0 heterocycles. The van der Waals surface area contributed by atoms with E-state index in [0.29, 0.717) is 18.3 Å². The van der Waals surface area contributed by atoms with Gasteiger partial charge in [0.05, 0.1) is 12.2 Å². The summed E-state index contributed by atoms with van der Waals surface area (Å²) in [5, 5.41) is 0. The van der Waals surface area contributed by atoms with E-state index in [1.807, 2.05) is 0 Å². The maximum Gasteiger partial charge on any atom is 0.166 e. The molecule has 0 radical (unpaired) electrons. The summed E-state index contributed by atoms with van der Waals surface area (Å²) in [7, 11) is 0. The van der Waals surface area contributed by atoms with E-state index in [1.54, 1.807) is 12.1 Å². The summed E-state index contributed by atoms with van der Waals surface area (Å²) in [5.74, 6) is 0.153. The van der Waals surface area contributed by atoms with Crippen LogP contribution in [0.1, 0.15) is 44.0 Å². The van der Waals surface area contributed by atoms with Crippen molar-refractivity contribution < 1.29 is 13.9 Å². The lowest BCUT2D eigenvalue weighted by Gasteiger charge is -2.11. The third-order valence-electron chi connectivity index (χ3n) is 2.51. The maximum atomic E-state index is 13.4. The van der Waals surface area contributed by atoms with Crippen molar-refractivity contribution in [1.29, 1.82) is 0 Å². The van der Waals surface area contributed by atoms with Gasteiger partial charge in [0.25, 0.3) is 0 Å². The average molecular weight is 238 g/mol. The molecule has 1 aromatic rings. The van der Waals surface area contributed by atoms with Gasteiger partial charge in [-0.25, -0.2) is 4.39 Å². The number of hydrogen-bond donors (Lipinski definition) is 0. The molecule has 1 rings (SSSR count). The highest BCUT2D eigenvalue weighted by atomic mass is 19.1. The average Bonchev–Trinajstić information content (AvgIpc) is 2.23. The van der Waals surface area contributed by atoms with Crippen LogP contribution in [0.15, 0.2) is 18.2 Å². The van der Waals surface area contributed by atoms with E-state index in [2.05, 4.69) is 13.8 Å². The van der Waals surface area contributed by atoms with Crippen molar-refractivity contribution >= 4 is 5.78 Å². The van der Waals surface area contributed by atoms with Crippen molar-refractivity contribution in [2.45, 2.75) is 33.6 Å². The Balaban J connectivity index is 2.64. The van der Waals surface area contributed by atoms with Gasteiger partial charge in [-0.2, -0.15) is 0 Å². The van der Waals surface area contributed by atoms with Gasteiger partial charge in [0.1, 0.15) is 11.6 Å². The van der Waals surface area contributed by atoms with E-state index in [-0.39, 0.29) is 11.3 Å². The summed E-state index contributed by atoms with van der Waals surface area (Å²) in [4.78, 5) is 11.3. The van der Waals surface area contributed by atoms with E-state index in [9.17, 15) is 9.18 Å². The molecule has 0 saturated carbocycles. The topological polar surface area (TPSA) is 26.3 Å². The van der Waals surface area contributed by atoms with Gasteiger partial charge in [-0.05, 0) is 37.8 Å². The first-order chi connectivity index (χ1) is 8.02. The Hall–Kier alpha value is -1.38. The van der Waals surface area contributed by atoms with Crippen LogP contribution in [0.2, 0.25) is 0 Å². The third-order valence-corrected chi connectivity index (χ3v) is 2.51. The number of ether oxygens (including phenoxy) is 1. The number of benzene rings is 1. The Morgan fingerprint density at radius 1 is 1.41 bits per heavy atom. The summed E-state index contributed by atoms with van der Waals surface area (Å²) < 4.78 is 18.9. The van der Waals surface area contributed by atoms with Crippen LogP contribution < -0.4 is 4.74 Å². The predicted octanol–water partition coefficient (Wildman–Crippen LogP) is 3.84. The zero-order valence-electron chi connectivity index (χ0n) is 10.6. The monoisotopic (exact) mass is 238 g/mol. The third kappa shape index (κ3) is 4.17. The van der Waals surface area contributed by atoms with Crippen LogP contribution in [0.5, 0.6) is 5.75 Å². The molecule has 0 amide bonds. The lowest BCUT2D eigenvalue weighted by Crippen LogP contribution is -2.06. The molecule has 17 heavy (non-hydrogen) atoms. The normalized spacial score (nSPS) is 10.6. The van der Waals surface area contributed by atoms with E-state index in [4.69, 9.17) is 4.74 Å². The first kappa shape index (κ1) is 13.7. The van der Waals surface area contributed by atoms with Gasteiger partial charge in [-0.15, -0.1) is 0 Å². The van der Waals surface area contributed by atoms with Crippen molar-refractivity contribution in [3.63, 3.8) is 0 Å². The maximum absolute atomic E-state index is 13.4. The van der Waals surface area contributed by atoms with E-state index in [1.165, 1.54) is 13.0 Å². The number of carbonyl (C=O) groups excluding carboxylic acids is 1. The van der Waals surface area contributed by atoms with Gasteiger partial charge in [0.2, 0.25) is 0 Å². The summed E-state index contributed by atoms with van der Waals surface area (Å²) in [6, 6.07) is 4.46. The van der Waals surface area contributed by atoms with Crippen LogP contribution in [0, 0.1) is 11.7 Å². The van der Waals surface area contributed by atoms with Gasteiger partial charge in [0, 0.05) is 0 Å². The van der Waals surface area contributed by atoms with Crippen LogP contribution in [0.4, 0.5) is 4.39 Å². The van der Waals surface area contributed by atoms with Crippen molar-refractivity contribution in [2.24, 2.45) is 5.92 Å². The molecule has 0 atom stereocenters. The molecule has 94 valence electrons. The fourth-order valence-corrected chi connectivity index (χ4v) is 1.64. The molecule has 0 aliphatic rings. The van der Waals surface area contributed by atoms with Crippen LogP contribution >= 0.6 is 0 Å². The molecular weight excluding hydrogens is 219 g/mol. The SMILES string of the molecule is CC(=O)c1c(F)cccc1OCCCC(C)C. The van der Waals surface area contributed by atoms with Gasteiger partial charge >= 0.3 is 0 Å². The molecule has 0 N–H and O–H groups in total. The van der Waals surface area contributed by atoms with Crippen molar-refractivity contribution in [3.05, 3.63) is 29.6 Å². The molecule has 1 aromatic carbocycles. The van der Waals surface area contributed by atoms with Crippen LogP contribution in [0.25, 0.3) is 0 Å². The number of ketones is 1. The second kappa shape index (κ2) is 6.38. The molecule has 0 aliphatic carbocycles. The highest BCUT2D eigenvalue weighted by Crippen LogP contribution is 2.22. The second-order valence-electron chi connectivity index (χ2n) is 4.55. The molecule has 0 bridgehead atoms. The number of hydrogen-bond acceptors (Lipinski definition) is 2. The highest BCUT2D eigenvalue weighted by molar-refractivity contribution is 5.97. The zero-order chi connectivity index (χ0) is 12.8. The standard InChI is InChI=1S/C14H19FO2/c1-10(2)6-5-9-17-13-8-4-7-12(15)14(13)11(3)16/h4,7-8,10H,5-6,9H2,1-3H3. The molecule has 0 spiro atoms. The molecule has 2 nitrogen and oxygen atoms in total. The molecule has 3 heteroatoms. The minimum absolute atomic E-state index is 0.0528. The van der Waals surface area contributed by atoms with Gasteiger partial charge in [-0.1, -0.05) is 19.9 Å². The largest absolute Gasteiger partial charge is 0.493 e.